The van der Waals surface area contributed by atoms with E-state index in [1.54, 1.807) is 18.3 Å². The van der Waals surface area contributed by atoms with Crippen molar-refractivity contribution < 1.29 is 9.18 Å². The molecule has 1 aromatic carbocycles. The molecule has 1 N–H and O–H groups in total. The lowest BCUT2D eigenvalue weighted by atomic mass is 10.1. The van der Waals surface area contributed by atoms with Crippen LogP contribution in [0.25, 0.3) is 0 Å². The van der Waals surface area contributed by atoms with Crippen molar-refractivity contribution in [3.8, 4) is 0 Å². The first kappa shape index (κ1) is 11.7. The molecule has 0 saturated heterocycles. The van der Waals surface area contributed by atoms with E-state index < -0.39 is 0 Å². The Hall–Kier alpha value is -1.75. The molecule has 0 unspecified atom stereocenters. The first-order chi connectivity index (χ1) is 8.13. The number of nitrogens with zero attached hydrogens (tertiary/aromatic N) is 1. The highest BCUT2D eigenvalue weighted by atomic mass is 32.1. The predicted molar refractivity (Wildman–Crippen MR) is 65.6 cm³/mol. The van der Waals surface area contributed by atoms with Crippen molar-refractivity contribution in [2.45, 2.75) is 13.3 Å². The smallest absolute Gasteiger partial charge is 0.223 e. The molecule has 0 aliphatic carbocycles. The van der Waals surface area contributed by atoms with Crippen molar-refractivity contribution in [1.29, 1.82) is 0 Å². The number of halogens is 1. The zero-order chi connectivity index (χ0) is 12.3. The van der Waals surface area contributed by atoms with Gasteiger partial charge in [-0.25, -0.2) is 9.37 Å². The molecule has 0 spiro atoms. The van der Waals surface area contributed by atoms with Crippen LogP contribution in [0.3, 0.4) is 0 Å². The van der Waals surface area contributed by atoms with Gasteiger partial charge in [0.1, 0.15) is 5.82 Å². The molecule has 0 fully saturated rings. The summed E-state index contributed by atoms with van der Waals surface area (Å²) in [5.74, 6) is -0.371. The Kier molecular flexibility index (Phi) is 3.49. The molecule has 0 radical (unpaired) electrons. The number of anilines is 1. The average Bonchev–Trinajstić information content (AvgIpc) is 2.68. The average molecular weight is 250 g/mol. The van der Waals surface area contributed by atoms with Gasteiger partial charge in [0.15, 0.2) is 5.13 Å². The van der Waals surface area contributed by atoms with Gasteiger partial charge in [-0.05, 0) is 17.7 Å². The summed E-state index contributed by atoms with van der Waals surface area (Å²) in [4.78, 5) is 15.9. The molecule has 0 saturated carbocycles. The van der Waals surface area contributed by atoms with E-state index in [0.717, 1.165) is 10.4 Å². The first-order valence-corrected chi connectivity index (χ1v) is 5.92. The number of amides is 1. The number of benzene rings is 1. The third-order valence-electron chi connectivity index (χ3n) is 2.13. The highest BCUT2D eigenvalue weighted by molar-refractivity contribution is 7.15. The van der Waals surface area contributed by atoms with Crippen LogP contribution in [0.1, 0.15) is 17.4 Å². The summed E-state index contributed by atoms with van der Waals surface area (Å²) >= 11 is 1.42. The van der Waals surface area contributed by atoms with Crippen molar-refractivity contribution in [1.82, 2.24) is 4.98 Å². The summed E-state index contributed by atoms with van der Waals surface area (Å²) < 4.78 is 12.7. The van der Waals surface area contributed by atoms with Gasteiger partial charge in [0.05, 0.1) is 0 Å². The Bertz CT molecular complexity index is 522. The maximum Gasteiger partial charge on any atom is 0.223 e. The van der Waals surface area contributed by atoms with Crippen molar-refractivity contribution in [3.05, 3.63) is 46.7 Å². The van der Waals surface area contributed by atoms with E-state index in [-0.39, 0.29) is 11.7 Å². The second kappa shape index (κ2) is 5.05. The van der Waals surface area contributed by atoms with Crippen LogP contribution in [-0.2, 0) is 11.2 Å². The predicted octanol–water partition coefficient (Wildman–Crippen LogP) is 2.83. The molecule has 3 nitrogen and oxygen atoms in total. The van der Waals surface area contributed by atoms with Crippen molar-refractivity contribution in [2.75, 3.05) is 5.32 Å². The zero-order valence-electron chi connectivity index (χ0n) is 9.24. The lowest BCUT2D eigenvalue weighted by Gasteiger charge is -1.97. The Labute approximate surface area is 102 Å². The Balaban J connectivity index is 2.06. The third-order valence-corrected chi connectivity index (χ3v) is 3.04. The van der Waals surface area contributed by atoms with Gasteiger partial charge in [-0.15, -0.1) is 11.3 Å². The standard InChI is InChI=1S/C12H11FN2OS/c1-8(16)15-12-14-7-11(17-12)6-9-2-4-10(13)5-3-9/h2-5,7H,6H2,1H3,(H,14,15,16). The van der Waals surface area contributed by atoms with E-state index in [4.69, 9.17) is 0 Å². The van der Waals surface area contributed by atoms with Crippen LogP contribution >= 0.6 is 11.3 Å². The minimum absolute atomic E-state index is 0.132. The van der Waals surface area contributed by atoms with Crippen LogP contribution in [0.5, 0.6) is 0 Å². The lowest BCUT2D eigenvalue weighted by molar-refractivity contribution is -0.114. The quantitative estimate of drug-likeness (QED) is 0.910. The monoisotopic (exact) mass is 250 g/mol. The summed E-state index contributed by atoms with van der Waals surface area (Å²) in [6.07, 6.45) is 2.41. The molecule has 0 aliphatic heterocycles. The van der Waals surface area contributed by atoms with Gasteiger partial charge in [-0.2, -0.15) is 0 Å². The number of nitrogens with one attached hydrogen (secondary N) is 1. The third kappa shape index (κ3) is 3.35. The number of thiazole rings is 1. The summed E-state index contributed by atoms with van der Waals surface area (Å²) in [5.41, 5.74) is 1.02. The lowest BCUT2D eigenvalue weighted by Crippen LogP contribution is -2.04. The second-order valence-corrected chi connectivity index (χ2v) is 4.73. The normalized spacial score (nSPS) is 10.2. The molecule has 2 rings (SSSR count). The highest BCUT2D eigenvalue weighted by Gasteiger charge is 2.04. The minimum Gasteiger partial charge on any atom is -0.302 e. The molecule has 2 aromatic rings. The van der Waals surface area contributed by atoms with Crippen LogP contribution in [0.4, 0.5) is 9.52 Å². The zero-order valence-corrected chi connectivity index (χ0v) is 10.1. The van der Waals surface area contributed by atoms with Crippen LogP contribution in [0.15, 0.2) is 30.5 Å². The molecule has 1 aromatic heterocycles. The molecule has 88 valence electrons. The maximum atomic E-state index is 12.7. The van der Waals surface area contributed by atoms with E-state index in [9.17, 15) is 9.18 Å². The van der Waals surface area contributed by atoms with E-state index in [1.807, 2.05) is 0 Å². The number of aromatic nitrogens is 1. The van der Waals surface area contributed by atoms with Crippen molar-refractivity contribution in [2.24, 2.45) is 0 Å². The molecule has 5 heteroatoms. The first-order valence-electron chi connectivity index (χ1n) is 5.10. The fourth-order valence-electron chi connectivity index (χ4n) is 1.40. The van der Waals surface area contributed by atoms with Gasteiger partial charge < -0.3 is 5.32 Å². The second-order valence-electron chi connectivity index (χ2n) is 3.62. The van der Waals surface area contributed by atoms with E-state index in [0.29, 0.717) is 11.6 Å². The van der Waals surface area contributed by atoms with Crippen LogP contribution < -0.4 is 5.32 Å². The Morgan fingerprint density at radius 3 is 2.76 bits per heavy atom. The van der Waals surface area contributed by atoms with E-state index in [2.05, 4.69) is 10.3 Å². The van der Waals surface area contributed by atoms with Crippen LogP contribution in [0, 0.1) is 5.82 Å². The number of rotatable bonds is 3. The number of carbonyl (C=O) groups is 1. The highest BCUT2D eigenvalue weighted by Crippen LogP contribution is 2.21. The molecule has 1 amide bonds. The van der Waals surface area contributed by atoms with Gasteiger partial charge in [0.25, 0.3) is 0 Å². The fourth-order valence-corrected chi connectivity index (χ4v) is 2.29. The number of carbonyl (C=O) groups excluding carboxylic acids is 1. The molecule has 1 heterocycles. The van der Waals surface area contributed by atoms with Gasteiger partial charge >= 0.3 is 0 Å². The van der Waals surface area contributed by atoms with Crippen molar-refractivity contribution in [3.63, 3.8) is 0 Å². The summed E-state index contributed by atoms with van der Waals surface area (Å²) in [6, 6.07) is 6.36. The summed E-state index contributed by atoms with van der Waals surface area (Å²) in [5, 5.41) is 3.22. The molecule has 0 atom stereocenters. The number of hydrogen-bond donors (Lipinski definition) is 1. The fraction of sp³-hybridized carbons (Fsp3) is 0.167. The van der Waals surface area contributed by atoms with E-state index in [1.165, 1.54) is 30.4 Å². The summed E-state index contributed by atoms with van der Waals surface area (Å²) in [6.45, 7) is 1.45. The van der Waals surface area contributed by atoms with Gasteiger partial charge in [0, 0.05) is 24.4 Å². The van der Waals surface area contributed by atoms with Gasteiger partial charge in [0.2, 0.25) is 5.91 Å². The van der Waals surface area contributed by atoms with Crippen LogP contribution in [-0.4, -0.2) is 10.9 Å². The minimum atomic E-state index is -0.239. The molecular formula is C12H11FN2OS. The van der Waals surface area contributed by atoms with Crippen LogP contribution in [0.2, 0.25) is 0 Å². The van der Waals surface area contributed by atoms with Crippen molar-refractivity contribution >= 4 is 22.4 Å². The Morgan fingerprint density at radius 2 is 2.12 bits per heavy atom. The topological polar surface area (TPSA) is 42.0 Å². The molecule has 17 heavy (non-hydrogen) atoms. The largest absolute Gasteiger partial charge is 0.302 e. The van der Waals surface area contributed by atoms with E-state index >= 15 is 0 Å². The van der Waals surface area contributed by atoms with Gasteiger partial charge in [-0.3, -0.25) is 4.79 Å². The summed E-state index contributed by atoms with van der Waals surface area (Å²) in [7, 11) is 0. The maximum absolute atomic E-state index is 12.7. The molecular weight excluding hydrogens is 239 g/mol. The molecule has 0 bridgehead atoms. The molecule has 0 aliphatic rings. The Morgan fingerprint density at radius 1 is 1.41 bits per heavy atom. The van der Waals surface area contributed by atoms with Gasteiger partial charge in [-0.1, -0.05) is 12.1 Å². The SMILES string of the molecule is CC(=O)Nc1ncc(Cc2ccc(F)cc2)s1. The number of hydrogen-bond acceptors (Lipinski definition) is 3.